The Labute approximate surface area is 173 Å². The summed E-state index contributed by atoms with van der Waals surface area (Å²) in [6.07, 6.45) is 4.36. The van der Waals surface area contributed by atoms with E-state index in [4.69, 9.17) is 0 Å². The fourth-order valence-corrected chi connectivity index (χ4v) is 4.59. The molecule has 6 nitrogen and oxygen atoms in total. The maximum atomic E-state index is 13.4. The van der Waals surface area contributed by atoms with E-state index in [0.29, 0.717) is 6.42 Å². The van der Waals surface area contributed by atoms with Gasteiger partial charge in [0, 0.05) is 29.7 Å². The summed E-state index contributed by atoms with van der Waals surface area (Å²) in [5.74, 6) is 0.103. The monoisotopic (exact) mass is 398 g/mol. The summed E-state index contributed by atoms with van der Waals surface area (Å²) >= 11 is 0. The number of hydrogen-bond acceptors (Lipinski definition) is 3. The summed E-state index contributed by atoms with van der Waals surface area (Å²) < 4.78 is 3.36. The maximum absolute atomic E-state index is 13.4. The van der Waals surface area contributed by atoms with Crippen LogP contribution < -0.4 is 5.69 Å². The highest BCUT2D eigenvalue weighted by Crippen LogP contribution is 2.45. The van der Waals surface area contributed by atoms with E-state index >= 15 is 0 Å². The van der Waals surface area contributed by atoms with Crippen molar-refractivity contribution in [2.24, 2.45) is 0 Å². The molecule has 2 aromatic carbocycles. The summed E-state index contributed by atoms with van der Waals surface area (Å²) in [7, 11) is 0. The third-order valence-corrected chi connectivity index (χ3v) is 5.99. The zero-order valence-corrected chi connectivity index (χ0v) is 16.9. The number of aromatic amines is 1. The number of nitrogens with zero attached hydrogens (tertiary/aromatic N) is 3. The smallest absolute Gasteiger partial charge is 0.309 e. The van der Waals surface area contributed by atoms with Gasteiger partial charge in [0.15, 0.2) is 0 Å². The zero-order valence-electron chi connectivity index (χ0n) is 16.9. The lowest BCUT2D eigenvalue weighted by molar-refractivity contribution is 0.0894. The second-order valence-electron chi connectivity index (χ2n) is 7.62. The molecule has 0 spiro atoms. The number of benzene rings is 2. The van der Waals surface area contributed by atoms with Gasteiger partial charge in [-0.15, -0.1) is 0 Å². The van der Waals surface area contributed by atoms with Crippen LogP contribution in [0.3, 0.4) is 0 Å². The minimum absolute atomic E-state index is 0.170. The first-order valence-electron chi connectivity index (χ1n) is 10.1. The van der Waals surface area contributed by atoms with Crippen LogP contribution in [0.2, 0.25) is 0 Å². The molecule has 4 aromatic rings. The number of aryl methyl sites for hydroxylation is 2. The van der Waals surface area contributed by atoms with Gasteiger partial charge in [-0.05, 0) is 36.6 Å². The number of hydrogen-bond donors (Lipinski definition) is 1. The molecule has 0 radical (unpaired) electrons. The second kappa shape index (κ2) is 6.99. The molecule has 1 aliphatic heterocycles. The number of aromatic nitrogens is 4. The van der Waals surface area contributed by atoms with E-state index in [1.807, 2.05) is 67.1 Å². The van der Waals surface area contributed by atoms with Crippen molar-refractivity contribution in [3.63, 3.8) is 0 Å². The summed E-state index contributed by atoms with van der Waals surface area (Å²) in [5.41, 5.74) is 4.21. The van der Waals surface area contributed by atoms with Crippen molar-refractivity contribution in [2.75, 3.05) is 0 Å². The van der Waals surface area contributed by atoms with Gasteiger partial charge in [0.25, 0.3) is 0 Å². The normalized spacial score (nSPS) is 18.0. The lowest BCUT2D eigenvalue weighted by atomic mass is 9.80. The van der Waals surface area contributed by atoms with Gasteiger partial charge in [-0.1, -0.05) is 49.4 Å². The van der Waals surface area contributed by atoms with Crippen molar-refractivity contribution >= 4 is 5.91 Å². The predicted molar refractivity (Wildman–Crippen MR) is 114 cm³/mol. The minimum Gasteiger partial charge on any atom is -0.309 e. The Kier molecular flexibility index (Phi) is 4.28. The van der Waals surface area contributed by atoms with Crippen LogP contribution in [0.25, 0.3) is 5.69 Å². The van der Waals surface area contributed by atoms with Crippen molar-refractivity contribution in [3.05, 3.63) is 106 Å². The average molecular weight is 398 g/mol. The van der Waals surface area contributed by atoms with Gasteiger partial charge in [-0.25, -0.2) is 14.3 Å². The highest BCUT2D eigenvalue weighted by atomic mass is 16.2. The Bertz CT molecular complexity index is 1280. The minimum atomic E-state index is -0.422. The van der Waals surface area contributed by atoms with E-state index in [1.54, 1.807) is 6.20 Å². The molecular formula is C24H22N4O2. The van der Waals surface area contributed by atoms with E-state index in [-0.39, 0.29) is 17.5 Å². The molecule has 0 aliphatic carbocycles. The standard InChI is InChI=1S/C24H22N4O2/c1-3-19-22-20(17-9-11-18(12-10-17)27-14-13-25-15(27)2)21(16-7-5-4-6-8-16)23(29)28(22)24(30)26-19/h4-14,20-21H,3H2,1-2H3,(H,26,30). The molecule has 1 N–H and O–H groups in total. The second-order valence-corrected chi connectivity index (χ2v) is 7.62. The molecule has 2 atom stereocenters. The van der Waals surface area contributed by atoms with E-state index in [2.05, 4.69) is 22.1 Å². The fourth-order valence-electron chi connectivity index (χ4n) is 4.59. The average Bonchev–Trinajstić information content (AvgIpc) is 3.43. The molecule has 0 saturated heterocycles. The van der Waals surface area contributed by atoms with Crippen LogP contribution in [-0.2, 0) is 6.42 Å². The van der Waals surface area contributed by atoms with Gasteiger partial charge in [0.05, 0.1) is 11.6 Å². The molecule has 0 saturated carbocycles. The molecule has 0 bridgehead atoms. The van der Waals surface area contributed by atoms with Crippen molar-refractivity contribution in [3.8, 4) is 5.69 Å². The van der Waals surface area contributed by atoms with Gasteiger partial charge < -0.3 is 9.55 Å². The molecule has 30 heavy (non-hydrogen) atoms. The Balaban J connectivity index is 1.67. The summed E-state index contributed by atoms with van der Waals surface area (Å²) in [4.78, 5) is 33.1. The zero-order chi connectivity index (χ0) is 20.8. The van der Waals surface area contributed by atoms with Gasteiger partial charge in [0.2, 0.25) is 5.91 Å². The molecule has 2 unspecified atom stereocenters. The summed E-state index contributed by atoms with van der Waals surface area (Å²) in [6, 6.07) is 17.9. The van der Waals surface area contributed by atoms with E-state index in [1.165, 1.54) is 4.57 Å². The van der Waals surface area contributed by atoms with E-state index in [0.717, 1.165) is 34.0 Å². The van der Waals surface area contributed by atoms with E-state index in [9.17, 15) is 9.59 Å². The lowest BCUT2D eigenvalue weighted by Crippen LogP contribution is -2.25. The van der Waals surface area contributed by atoms with Gasteiger partial charge in [-0.2, -0.15) is 0 Å². The van der Waals surface area contributed by atoms with Crippen LogP contribution in [0, 0.1) is 6.92 Å². The molecule has 2 aromatic heterocycles. The molecule has 0 fully saturated rings. The number of carbonyl (C=O) groups excluding carboxylic acids is 1. The van der Waals surface area contributed by atoms with Crippen molar-refractivity contribution in [2.45, 2.75) is 32.1 Å². The van der Waals surface area contributed by atoms with Crippen LogP contribution in [0.1, 0.15) is 51.9 Å². The summed E-state index contributed by atoms with van der Waals surface area (Å²) in [6.45, 7) is 3.95. The first-order chi connectivity index (χ1) is 14.6. The van der Waals surface area contributed by atoms with Crippen molar-refractivity contribution in [1.29, 1.82) is 0 Å². The molecule has 1 aliphatic rings. The molecule has 150 valence electrons. The maximum Gasteiger partial charge on any atom is 0.332 e. The largest absolute Gasteiger partial charge is 0.332 e. The van der Waals surface area contributed by atoms with Crippen molar-refractivity contribution < 1.29 is 4.79 Å². The van der Waals surface area contributed by atoms with Crippen LogP contribution >= 0.6 is 0 Å². The Morgan fingerprint density at radius 3 is 2.30 bits per heavy atom. The third-order valence-electron chi connectivity index (χ3n) is 5.99. The molecule has 6 heteroatoms. The molecule has 3 heterocycles. The molecule has 5 rings (SSSR count). The van der Waals surface area contributed by atoms with Crippen LogP contribution in [0.4, 0.5) is 0 Å². The van der Waals surface area contributed by atoms with Gasteiger partial charge in [0.1, 0.15) is 5.82 Å². The molecular weight excluding hydrogens is 376 g/mol. The predicted octanol–water partition coefficient (Wildman–Crippen LogP) is 3.80. The van der Waals surface area contributed by atoms with E-state index < -0.39 is 5.92 Å². The number of fused-ring (bicyclic) bond motifs is 1. The number of carbonyl (C=O) groups is 1. The SMILES string of the molecule is CCc1[nH]c(=O)n2c1C(c1ccc(-n3ccnc3C)cc1)C(c1ccccc1)C2=O. The highest BCUT2D eigenvalue weighted by molar-refractivity contribution is 5.92. The quantitative estimate of drug-likeness (QED) is 0.568. The van der Waals surface area contributed by atoms with Crippen molar-refractivity contribution in [1.82, 2.24) is 19.1 Å². The van der Waals surface area contributed by atoms with Crippen LogP contribution in [0.15, 0.2) is 71.8 Å². The van der Waals surface area contributed by atoms with Crippen LogP contribution in [-0.4, -0.2) is 25.0 Å². The van der Waals surface area contributed by atoms with Crippen LogP contribution in [0.5, 0.6) is 0 Å². The first kappa shape index (κ1) is 18.4. The topological polar surface area (TPSA) is 72.7 Å². The Morgan fingerprint density at radius 1 is 0.967 bits per heavy atom. The molecule has 0 amide bonds. The summed E-state index contributed by atoms with van der Waals surface area (Å²) in [5, 5.41) is 0. The third kappa shape index (κ3) is 2.68. The fraction of sp³-hybridized carbons (Fsp3) is 0.208. The van der Waals surface area contributed by atoms with Gasteiger partial charge >= 0.3 is 5.69 Å². The Morgan fingerprint density at radius 2 is 1.67 bits per heavy atom. The van der Waals surface area contributed by atoms with Gasteiger partial charge in [-0.3, -0.25) is 4.79 Å². The number of rotatable bonds is 4. The number of nitrogens with one attached hydrogen (secondary N) is 1. The number of imidazole rings is 2. The Hall–Kier alpha value is -3.67. The lowest BCUT2D eigenvalue weighted by Gasteiger charge is -2.20. The highest BCUT2D eigenvalue weighted by Gasteiger charge is 2.44. The first-order valence-corrected chi connectivity index (χ1v) is 10.1. The number of H-pyrrole nitrogens is 1.